The van der Waals surface area contributed by atoms with Crippen LogP contribution in [0.25, 0.3) is 0 Å². The number of aliphatic hydroxyl groups is 1. The molecule has 6 atom stereocenters. The molecule has 0 amide bonds. The Morgan fingerprint density at radius 1 is 0.940 bits per heavy atom. The predicted molar refractivity (Wildman–Crippen MR) is 193 cm³/mol. The summed E-state index contributed by atoms with van der Waals surface area (Å²) in [5, 5.41) is 11.5. The van der Waals surface area contributed by atoms with Crippen molar-refractivity contribution in [2.75, 3.05) is 19.6 Å². The van der Waals surface area contributed by atoms with Crippen molar-refractivity contribution in [2.24, 2.45) is 28.6 Å². The fourth-order valence-electron chi connectivity index (χ4n) is 10.2. The molecule has 50 heavy (non-hydrogen) atoms. The molecule has 8 heteroatoms. The van der Waals surface area contributed by atoms with E-state index in [0.29, 0.717) is 53.4 Å². The molecule has 0 spiro atoms. The summed E-state index contributed by atoms with van der Waals surface area (Å²) in [4.78, 5) is 38.1. The van der Waals surface area contributed by atoms with Crippen molar-refractivity contribution in [1.29, 1.82) is 0 Å². The second-order valence-electron chi connectivity index (χ2n) is 16.1. The second kappa shape index (κ2) is 15.0. The number of esters is 1. The normalized spacial score (nSPS) is 31.6. The Balaban J connectivity index is 0.000000173. The number of fused-ring (bicyclic) bond motifs is 5. The molecule has 6 unspecified atom stereocenters. The number of Topliss-reactive ketones (excluding diaryl/α,β-unsaturated/α-hetero) is 2. The summed E-state index contributed by atoms with van der Waals surface area (Å²) in [7, 11) is 0. The first-order valence-electron chi connectivity index (χ1n) is 18.7. The van der Waals surface area contributed by atoms with Crippen LogP contribution in [0.1, 0.15) is 114 Å². The first-order chi connectivity index (χ1) is 23.8. The number of halogens is 2. The molecule has 2 aromatic rings. The Hall–Kier alpha value is -2.87. The molecule has 1 N–H and O–H groups in total. The van der Waals surface area contributed by atoms with Crippen LogP contribution >= 0.6 is 11.6 Å². The average molecular weight is 706 g/mol. The van der Waals surface area contributed by atoms with Crippen molar-refractivity contribution >= 4 is 29.1 Å². The summed E-state index contributed by atoms with van der Waals surface area (Å²) in [5.41, 5.74) is 2.40. The van der Waals surface area contributed by atoms with Gasteiger partial charge in [-0.3, -0.25) is 14.4 Å². The van der Waals surface area contributed by atoms with Crippen LogP contribution in [0.3, 0.4) is 0 Å². The van der Waals surface area contributed by atoms with Gasteiger partial charge >= 0.3 is 5.97 Å². The molecule has 4 fully saturated rings. The monoisotopic (exact) mass is 705 g/mol. The number of allylic oxidation sites excluding steroid dienone is 1. The summed E-state index contributed by atoms with van der Waals surface area (Å²) in [6.07, 6.45) is 13.4. The highest BCUT2D eigenvalue weighted by atomic mass is 35.5. The Labute approximate surface area is 301 Å². The Kier molecular flexibility index (Phi) is 11.1. The maximum absolute atomic E-state index is 12.9. The number of ketones is 2. The van der Waals surface area contributed by atoms with Crippen molar-refractivity contribution in [3.63, 3.8) is 0 Å². The Morgan fingerprint density at radius 3 is 2.28 bits per heavy atom. The summed E-state index contributed by atoms with van der Waals surface area (Å²) >= 11 is 5.92. The molecule has 3 saturated carbocycles. The van der Waals surface area contributed by atoms with Crippen LogP contribution in [0.4, 0.5) is 4.39 Å². The van der Waals surface area contributed by atoms with Gasteiger partial charge in [0.1, 0.15) is 17.7 Å². The van der Waals surface area contributed by atoms with Crippen LogP contribution in [0, 0.1) is 34.4 Å². The lowest BCUT2D eigenvalue weighted by molar-refractivity contribution is -0.148. The van der Waals surface area contributed by atoms with Gasteiger partial charge in [0.05, 0.1) is 5.60 Å². The van der Waals surface area contributed by atoms with E-state index < -0.39 is 5.60 Å². The first-order valence-corrected chi connectivity index (χ1v) is 19.1. The summed E-state index contributed by atoms with van der Waals surface area (Å²) < 4.78 is 18.4. The van der Waals surface area contributed by atoms with Gasteiger partial charge in [0.25, 0.3) is 0 Å². The Morgan fingerprint density at radius 2 is 1.60 bits per heavy atom. The standard InChI is InChI=1S/C21H23ClFNO2.C21H30O3/c22-18-7-5-17(6-8-18)21(26)11-14-24(15-12-21)13-1-2-20(25)16-3-9-19(23)10-4-16;1-13(22)24-15-8-10-20(2)14(12-15)4-5-16-17-6-7-19(23)21(17,3)11-9-18(16)20/h3-10,26H,1-2,11-15H2;4,15-18H,5-12H2,1-3H3. The van der Waals surface area contributed by atoms with E-state index in [-0.39, 0.29) is 34.5 Å². The van der Waals surface area contributed by atoms with Crippen LogP contribution in [-0.2, 0) is 19.9 Å². The maximum atomic E-state index is 12.9. The quantitative estimate of drug-likeness (QED) is 0.176. The van der Waals surface area contributed by atoms with Crippen LogP contribution in [0.2, 0.25) is 5.02 Å². The molecule has 6 nitrogen and oxygen atoms in total. The highest BCUT2D eigenvalue weighted by Crippen LogP contribution is 2.64. The van der Waals surface area contributed by atoms with E-state index in [4.69, 9.17) is 16.3 Å². The third kappa shape index (κ3) is 7.66. The van der Waals surface area contributed by atoms with Gasteiger partial charge in [-0.1, -0.05) is 49.2 Å². The smallest absolute Gasteiger partial charge is 0.302 e. The van der Waals surface area contributed by atoms with Crippen LogP contribution < -0.4 is 0 Å². The minimum absolute atomic E-state index is 0.0414. The number of rotatable bonds is 7. The largest absolute Gasteiger partial charge is 0.462 e. The fourth-order valence-corrected chi connectivity index (χ4v) is 10.3. The zero-order valence-corrected chi connectivity index (χ0v) is 30.7. The number of carbonyl (C=O) groups is 3. The molecule has 0 radical (unpaired) electrons. The van der Waals surface area contributed by atoms with Gasteiger partial charge in [0.15, 0.2) is 5.78 Å². The summed E-state index contributed by atoms with van der Waals surface area (Å²) in [6.45, 7) is 8.61. The molecular weight excluding hydrogens is 653 g/mol. The lowest BCUT2D eigenvalue weighted by Crippen LogP contribution is -2.50. The second-order valence-corrected chi connectivity index (χ2v) is 16.5. The molecule has 7 rings (SSSR count). The fraction of sp³-hybridized carbons (Fsp3) is 0.595. The lowest BCUT2D eigenvalue weighted by atomic mass is 9.48. The molecule has 1 saturated heterocycles. The number of likely N-dealkylation sites (tertiary alicyclic amines) is 1. The number of ether oxygens (including phenoxy) is 1. The number of hydrogen-bond acceptors (Lipinski definition) is 6. The van der Waals surface area contributed by atoms with Gasteiger partial charge in [-0.25, -0.2) is 4.39 Å². The first kappa shape index (κ1) is 36.9. The van der Waals surface area contributed by atoms with Gasteiger partial charge in [-0.2, -0.15) is 0 Å². The highest BCUT2D eigenvalue weighted by Gasteiger charge is 2.58. The van der Waals surface area contributed by atoms with Gasteiger partial charge in [0, 0.05) is 55.3 Å². The minimum Gasteiger partial charge on any atom is -0.462 e. The molecule has 5 aliphatic rings. The SMILES string of the molecule is CC(=O)OC1CCC2(C)C(=CCC3C4CCC(=O)C4(C)CCC32)C1.O=C(CCCN1CCC(O)(c2ccc(Cl)cc2)CC1)c1ccc(F)cc1. The number of carbonyl (C=O) groups excluding carboxylic acids is 3. The Bertz CT molecular complexity index is 1580. The van der Waals surface area contributed by atoms with Crippen LogP contribution in [0.5, 0.6) is 0 Å². The summed E-state index contributed by atoms with van der Waals surface area (Å²) in [5.74, 6) is 2.04. The molecule has 0 bridgehead atoms. The number of nitrogens with zero attached hydrogens (tertiary/aromatic N) is 1. The minimum atomic E-state index is -0.801. The van der Waals surface area contributed by atoms with Gasteiger partial charge in [-0.05, 0) is 129 Å². The molecule has 1 heterocycles. The van der Waals surface area contributed by atoms with Gasteiger partial charge in [-0.15, -0.1) is 0 Å². The van der Waals surface area contributed by atoms with Crippen LogP contribution in [0.15, 0.2) is 60.2 Å². The van der Waals surface area contributed by atoms with Gasteiger partial charge < -0.3 is 14.7 Å². The van der Waals surface area contributed by atoms with E-state index in [2.05, 4.69) is 24.8 Å². The van der Waals surface area contributed by atoms with Crippen molar-refractivity contribution in [2.45, 2.75) is 110 Å². The van der Waals surface area contributed by atoms with E-state index >= 15 is 0 Å². The zero-order chi connectivity index (χ0) is 35.7. The third-order valence-corrected chi connectivity index (χ3v) is 13.5. The van der Waals surface area contributed by atoms with E-state index in [9.17, 15) is 23.9 Å². The average Bonchev–Trinajstić information content (AvgIpc) is 3.40. The number of benzene rings is 2. The van der Waals surface area contributed by atoms with Crippen molar-refractivity contribution < 1.29 is 28.6 Å². The molecule has 0 aromatic heterocycles. The van der Waals surface area contributed by atoms with E-state index in [1.54, 1.807) is 0 Å². The van der Waals surface area contributed by atoms with E-state index in [0.717, 1.165) is 76.6 Å². The maximum Gasteiger partial charge on any atom is 0.302 e. The van der Waals surface area contributed by atoms with E-state index in [1.165, 1.54) is 43.2 Å². The summed E-state index contributed by atoms with van der Waals surface area (Å²) in [6, 6.07) is 13.1. The molecule has 270 valence electrons. The predicted octanol–water partition coefficient (Wildman–Crippen LogP) is 8.88. The molecule has 1 aliphatic heterocycles. The third-order valence-electron chi connectivity index (χ3n) is 13.2. The number of hydrogen-bond donors (Lipinski definition) is 1. The van der Waals surface area contributed by atoms with Crippen LogP contribution in [-0.4, -0.2) is 53.3 Å². The molecular formula is C42H53ClFNO5. The van der Waals surface area contributed by atoms with Gasteiger partial charge in [0.2, 0.25) is 0 Å². The van der Waals surface area contributed by atoms with Crippen molar-refractivity contribution in [3.8, 4) is 0 Å². The number of piperidine rings is 1. The van der Waals surface area contributed by atoms with Crippen molar-refractivity contribution in [3.05, 3.63) is 82.1 Å². The highest BCUT2D eigenvalue weighted by molar-refractivity contribution is 6.30. The zero-order valence-electron chi connectivity index (χ0n) is 29.9. The molecule has 2 aromatic carbocycles. The topological polar surface area (TPSA) is 83.9 Å². The van der Waals surface area contributed by atoms with E-state index in [1.807, 2.05) is 24.3 Å². The van der Waals surface area contributed by atoms with Crippen molar-refractivity contribution in [1.82, 2.24) is 4.90 Å². The lowest BCUT2D eigenvalue weighted by Gasteiger charge is -2.56. The molecule has 4 aliphatic carbocycles.